The van der Waals surface area contributed by atoms with Gasteiger partial charge in [0.15, 0.2) is 5.84 Å². The second-order valence-corrected chi connectivity index (χ2v) is 2.42. The lowest BCUT2D eigenvalue weighted by Crippen LogP contribution is -2.21. The molecule has 0 saturated heterocycles. The van der Waals surface area contributed by atoms with E-state index in [1.165, 1.54) is 0 Å². The first-order valence-corrected chi connectivity index (χ1v) is 3.24. The highest BCUT2D eigenvalue weighted by molar-refractivity contribution is 6.07. The molecule has 0 saturated carbocycles. The molecule has 0 aromatic rings. The van der Waals surface area contributed by atoms with Crippen molar-refractivity contribution >= 4 is 11.7 Å². The molecular formula is C6H6N4O. The first-order valence-electron chi connectivity index (χ1n) is 3.24. The highest BCUT2D eigenvalue weighted by Crippen LogP contribution is 2.22. The van der Waals surface area contributed by atoms with E-state index >= 15 is 0 Å². The Bertz CT molecular complexity index is 313. The molecule has 5 nitrogen and oxygen atoms in total. The molecule has 2 aliphatic rings. The van der Waals surface area contributed by atoms with Crippen molar-refractivity contribution in [3.63, 3.8) is 0 Å². The van der Waals surface area contributed by atoms with Gasteiger partial charge in [0, 0.05) is 0 Å². The van der Waals surface area contributed by atoms with Gasteiger partial charge in [0.25, 0.3) is 5.91 Å². The van der Waals surface area contributed by atoms with E-state index in [1.807, 2.05) is 0 Å². The van der Waals surface area contributed by atoms with Crippen molar-refractivity contribution in [1.29, 1.82) is 0 Å². The Labute approximate surface area is 62.7 Å². The second-order valence-electron chi connectivity index (χ2n) is 2.42. The largest absolute Gasteiger partial charge is 0.382 e. The van der Waals surface area contributed by atoms with E-state index in [0.717, 1.165) is 5.57 Å². The van der Waals surface area contributed by atoms with Gasteiger partial charge in [0.05, 0.1) is 13.0 Å². The SMILES string of the molecule is NC1=NC(=O)CC2=C1N=NC2. The fraction of sp³-hybridized carbons (Fsp3) is 0.333. The fourth-order valence-electron chi connectivity index (χ4n) is 1.12. The summed E-state index contributed by atoms with van der Waals surface area (Å²) in [6.45, 7) is 0.497. The predicted molar refractivity (Wildman–Crippen MR) is 38.0 cm³/mol. The van der Waals surface area contributed by atoms with Crippen LogP contribution in [0.25, 0.3) is 0 Å². The zero-order valence-electron chi connectivity index (χ0n) is 5.74. The predicted octanol–water partition coefficient (Wildman–Crippen LogP) is -0.00620. The molecule has 0 aromatic heterocycles. The molecule has 1 amide bonds. The van der Waals surface area contributed by atoms with Crippen LogP contribution in [0, 0.1) is 0 Å². The molecule has 0 bridgehead atoms. The number of azo groups is 1. The number of rotatable bonds is 0. The quantitative estimate of drug-likeness (QED) is 0.527. The summed E-state index contributed by atoms with van der Waals surface area (Å²) in [5, 5.41) is 7.52. The van der Waals surface area contributed by atoms with Gasteiger partial charge in [-0.25, -0.2) is 0 Å². The first-order chi connectivity index (χ1) is 5.27. The van der Waals surface area contributed by atoms with Gasteiger partial charge in [0.2, 0.25) is 0 Å². The lowest BCUT2D eigenvalue weighted by molar-refractivity contribution is -0.117. The maximum Gasteiger partial charge on any atom is 0.251 e. The van der Waals surface area contributed by atoms with Crippen molar-refractivity contribution in [2.45, 2.75) is 6.42 Å². The fourth-order valence-corrected chi connectivity index (χ4v) is 1.12. The van der Waals surface area contributed by atoms with Crippen molar-refractivity contribution in [3.05, 3.63) is 11.3 Å². The number of nitrogens with zero attached hydrogens (tertiary/aromatic N) is 3. The molecule has 0 aliphatic carbocycles. The number of nitrogens with two attached hydrogens (primary N) is 1. The van der Waals surface area contributed by atoms with E-state index in [4.69, 9.17) is 5.73 Å². The summed E-state index contributed by atoms with van der Waals surface area (Å²) in [5.74, 6) is 0.00560. The molecular weight excluding hydrogens is 144 g/mol. The normalized spacial score (nSPS) is 22.2. The van der Waals surface area contributed by atoms with Crippen LogP contribution in [0.5, 0.6) is 0 Å². The van der Waals surface area contributed by atoms with Gasteiger partial charge < -0.3 is 5.73 Å². The van der Waals surface area contributed by atoms with E-state index in [1.54, 1.807) is 0 Å². The van der Waals surface area contributed by atoms with Gasteiger partial charge in [-0.15, -0.1) is 0 Å². The molecule has 2 N–H and O–H groups in total. The van der Waals surface area contributed by atoms with Crippen molar-refractivity contribution < 1.29 is 4.79 Å². The topological polar surface area (TPSA) is 80.2 Å². The van der Waals surface area contributed by atoms with Gasteiger partial charge in [-0.2, -0.15) is 15.2 Å². The number of hydrogen-bond donors (Lipinski definition) is 1. The third-order valence-corrected chi connectivity index (χ3v) is 1.62. The van der Waals surface area contributed by atoms with E-state index in [-0.39, 0.29) is 11.7 Å². The molecule has 11 heavy (non-hydrogen) atoms. The van der Waals surface area contributed by atoms with Crippen molar-refractivity contribution in [2.75, 3.05) is 6.54 Å². The number of dihydropyridines is 1. The maximum atomic E-state index is 10.8. The third-order valence-electron chi connectivity index (χ3n) is 1.62. The minimum Gasteiger partial charge on any atom is -0.382 e. The second kappa shape index (κ2) is 1.98. The lowest BCUT2D eigenvalue weighted by atomic mass is 10.1. The Balaban J connectivity index is 2.44. The molecule has 2 heterocycles. The molecule has 2 aliphatic heterocycles. The number of amides is 1. The van der Waals surface area contributed by atoms with Crippen LogP contribution in [0.2, 0.25) is 0 Å². The molecule has 0 spiro atoms. The van der Waals surface area contributed by atoms with Crippen LogP contribution in [0.1, 0.15) is 6.42 Å². The summed E-state index contributed by atoms with van der Waals surface area (Å²) in [7, 11) is 0. The van der Waals surface area contributed by atoms with E-state index < -0.39 is 0 Å². The lowest BCUT2D eigenvalue weighted by Gasteiger charge is -2.06. The van der Waals surface area contributed by atoms with Crippen LogP contribution in [0.3, 0.4) is 0 Å². The summed E-state index contributed by atoms with van der Waals surface area (Å²) in [6.07, 6.45) is 0.322. The standard InChI is InChI=1S/C6H6N4O/c7-6-5-3(2-8-10-5)1-4(11)9-6/h1-2H2,(H2,7,9,11). The zero-order chi connectivity index (χ0) is 7.84. The van der Waals surface area contributed by atoms with E-state index in [2.05, 4.69) is 15.2 Å². The summed E-state index contributed by atoms with van der Waals surface area (Å²) in [4.78, 5) is 14.4. The van der Waals surface area contributed by atoms with Gasteiger partial charge in [-0.05, 0) is 5.57 Å². The maximum absolute atomic E-state index is 10.8. The first kappa shape index (κ1) is 6.21. The number of aliphatic imine (C=N–C) groups is 1. The minimum absolute atomic E-state index is 0.200. The van der Waals surface area contributed by atoms with Gasteiger partial charge in [-0.1, -0.05) is 0 Å². The Kier molecular flexibility index (Phi) is 1.12. The molecule has 0 aromatic carbocycles. The molecule has 0 atom stereocenters. The number of hydrogen-bond acceptors (Lipinski definition) is 4. The van der Waals surface area contributed by atoms with Crippen LogP contribution in [-0.2, 0) is 4.79 Å². The highest BCUT2D eigenvalue weighted by atomic mass is 16.1. The van der Waals surface area contributed by atoms with Crippen LogP contribution < -0.4 is 5.73 Å². The van der Waals surface area contributed by atoms with Crippen LogP contribution in [-0.4, -0.2) is 18.3 Å². The summed E-state index contributed by atoms with van der Waals surface area (Å²) < 4.78 is 0. The molecule has 0 radical (unpaired) electrons. The van der Waals surface area contributed by atoms with Gasteiger partial charge in [0.1, 0.15) is 5.70 Å². The van der Waals surface area contributed by atoms with E-state index in [9.17, 15) is 4.79 Å². The number of amidine groups is 1. The molecule has 56 valence electrons. The van der Waals surface area contributed by atoms with Crippen molar-refractivity contribution in [3.8, 4) is 0 Å². The molecule has 0 fully saturated rings. The number of carbonyl (C=O) groups is 1. The molecule has 0 unspecified atom stereocenters. The average Bonchev–Trinajstić information content (AvgIpc) is 2.34. The van der Waals surface area contributed by atoms with Crippen LogP contribution >= 0.6 is 0 Å². The Morgan fingerprint density at radius 1 is 1.45 bits per heavy atom. The number of carbonyl (C=O) groups excluding carboxylic acids is 1. The molecule has 2 rings (SSSR count). The summed E-state index contributed by atoms with van der Waals surface area (Å²) >= 11 is 0. The smallest absolute Gasteiger partial charge is 0.251 e. The Morgan fingerprint density at radius 3 is 3.09 bits per heavy atom. The van der Waals surface area contributed by atoms with Crippen LogP contribution in [0.15, 0.2) is 26.5 Å². The third kappa shape index (κ3) is 0.849. The average molecular weight is 150 g/mol. The van der Waals surface area contributed by atoms with Gasteiger partial charge in [-0.3, -0.25) is 4.79 Å². The monoisotopic (exact) mass is 150 g/mol. The van der Waals surface area contributed by atoms with Gasteiger partial charge >= 0.3 is 0 Å². The Hall–Kier alpha value is -1.52. The summed E-state index contributed by atoms with van der Waals surface area (Å²) in [5.41, 5.74) is 6.92. The highest BCUT2D eigenvalue weighted by Gasteiger charge is 2.22. The van der Waals surface area contributed by atoms with Crippen molar-refractivity contribution in [2.24, 2.45) is 21.0 Å². The minimum atomic E-state index is -0.200. The van der Waals surface area contributed by atoms with Crippen LogP contribution in [0.4, 0.5) is 0 Å². The summed E-state index contributed by atoms with van der Waals surface area (Å²) in [6, 6.07) is 0. The van der Waals surface area contributed by atoms with E-state index in [0.29, 0.717) is 18.7 Å². The zero-order valence-corrected chi connectivity index (χ0v) is 5.74. The molecule has 5 heteroatoms. The Morgan fingerprint density at radius 2 is 2.27 bits per heavy atom. The van der Waals surface area contributed by atoms with Crippen molar-refractivity contribution in [1.82, 2.24) is 0 Å².